The normalized spacial score (nSPS) is 12.4. The molecule has 0 aliphatic rings. The van der Waals surface area contributed by atoms with E-state index < -0.39 is 12.1 Å². The minimum Gasteiger partial charge on any atom is -0.461 e. The number of aliphatic hydroxyl groups is 1. The van der Waals surface area contributed by atoms with Crippen molar-refractivity contribution in [1.82, 2.24) is 24.5 Å². The molecule has 8 heteroatoms. The summed E-state index contributed by atoms with van der Waals surface area (Å²) in [5.41, 5.74) is 0.637. The molecule has 0 aromatic carbocycles. The fourth-order valence-corrected chi connectivity index (χ4v) is 1.93. The van der Waals surface area contributed by atoms with E-state index in [2.05, 4.69) is 15.3 Å². The molecule has 21 heavy (non-hydrogen) atoms. The first-order chi connectivity index (χ1) is 10.0. The number of carbonyl (C=O) groups is 1. The second kappa shape index (κ2) is 6.49. The van der Waals surface area contributed by atoms with E-state index in [9.17, 15) is 9.90 Å². The number of hydrogen-bond acceptors (Lipinski definition) is 6. The zero-order chi connectivity index (χ0) is 15.4. The third kappa shape index (κ3) is 3.27. The van der Waals surface area contributed by atoms with Crippen LogP contribution in [0.15, 0.2) is 12.4 Å². The van der Waals surface area contributed by atoms with Crippen molar-refractivity contribution in [3.8, 4) is 11.5 Å². The summed E-state index contributed by atoms with van der Waals surface area (Å²) < 4.78 is 8.35. The van der Waals surface area contributed by atoms with Crippen molar-refractivity contribution in [3.05, 3.63) is 18.1 Å². The van der Waals surface area contributed by atoms with Gasteiger partial charge in [0.2, 0.25) is 5.69 Å². The summed E-state index contributed by atoms with van der Waals surface area (Å²) in [6.07, 6.45) is 3.45. The molecule has 0 saturated carbocycles. The summed E-state index contributed by atoms with van der Waals surface area (Å²) in [7, 11) is 1.82. The summed E-state index contributed by atoms with van der Waals surface area (Å²) in [5, 5.41) is 17.3. The highest BCUT2D eigenvalue weighted by Gasteiger charge is 2.24. The Labute approximate surface area is 122 Å². The van der Waals surface area contributed by atoms with Crippen molar-refractivity contribution < 1.29 is 14.6 Å². The van der Waals surface area contributed by atoms with Crippen LogP contribution in [0, 0.1) is 0 Å². The lowest BCUT2D eigenvalue weighted by molar-refractivity contribution is 0.0520. The van der Waals surface area contributed by atoms with Gasteiger partial charge in [-0.2, -0.15) is 0 Å². The Morgan fingerprint density at radius 1 is 1.52 bits per heavy atom. The maximum absolute atomic E-state index is 12.0. The SMILES string of the molecule is CCOC(=O)c1nnn(CCC(C)O)c1-c1nccn1C. The highest BCUT2D eigenvalue weighted by atomic mass is 16.5. The van der Waals surface area contributed by atoms with Gasteiger partial charge in [0.15, 0.2) is 5.82 Å². The highest BCUT2D eigenvalue weighted by Crippen LogP contribution is 2.21. The van der Waals surface area contributed by atoms with E-state index in [1.54, 1.807) is 35.5 Å². The summed E-state index contributed by atoms with van der Waals surface area (Å²) in [6.45, 7) is 4.13. The summed E-state index contributed by atoms with van der Waals surface area (Å²) in [6, 6.07) is 0. The van der Waals surface area contributed by atoms with E-state index in [4.69, 9.17) is 4.74 Å². The minimum atomic E-state index is -0.529. The minimum absolute atomic E-state index is 0.136. The number of aryl methyl sites for hydroxylation is 2. The van der Waals surface area contributed by atoms with Crippen molar-refractivity contribution >= 4 is 5.97 Å². The van der Waals surface area contributed by atoms with Gasteiger partial charge >= 0.3 is 5.97 Å². The van der Waals surface area contributed by atoms with E-state index >= 15 is 0 Å². The molecule has 2 heterocycles. The molecule has 0 aliphatic heterocycles. The van der Waals surface area contributed by atoms with Crippen LogP contribution >= 0.6 is 0 Å². The molecule has 114 valence electrons. The first-order valence-corrected chi connectivity index (χ1v) is 6.81. The Bertz CT molecular complexity index is 617. The number of aliphatic hydroxyl groups excluding tert-OH is 1. The van der Waals surface area contributed by atoms with Crippen molar-refractivity contribution in [2.75, 3.05) is 6.61 Å². The molecule has 1 atom stereocenters. The number of hydrogen-bond donors (Lipinski definition) is 1. The van der Waals surface area contributed by atoms with Crippen LogP contribution in [-0.4, -0.2) is 48.3 Å². The van der Waals surface area contributed by atoms with Gasteiger partial charge in [0.25, 0.3) is 0 Å². The van der Waals surface area contributed by atoms with E-state index in [1.165, 1.54) is 0 Å². The molecule has 8 nitrogen and oxygen atoms in total. The molecule has 0 saturated heterocycles. The number of rotatable bonds is 6. The zero-order valence-corrected chi connectivity index (χ0v) is 12.4. The average molecular weight is 293 g/mol. The lowest BCUT2D eigenvalue weighted by Gasteiger charge is -2.09. The Balaban J connectivity index is 2.43. The Morgan fingerprint density at radius 2 is 2.29 bits per heavy atom. The van der Waals surface area contributed by atoms with E-state index in [1.807, 2.05) is 7.05 Å². The van der Waals surface area contributed by atoms with Crippen LogP contribution in [0.1, 0.15) is 30.8 Å². The molecule has 0 aliphatic carbocycles. The quantitative estimate of drug-likeness (QED) is 0.785. The number of esters is 1. The number of nitrogens with zero attached hydrogens (tertiary/aromatic N) is 5. The van der Waals surface area contributed by atoms with Crippen LogP contribution in [-0.2, 0) is 18.3 Å². The van der Waals surface area contributed by atoms with Crippen LogP contribution in [0.2, 0.25) is 0 Å². The average Bonchev–Trinajstić information content (AvgIpc) is 3.02. The second-order valence-corrected chi connectivity index (χ2v) is 4.73. The molecular weight excluding hydrogens is 274 g/mol. The topological polar surface area (TPSA) is 95.1 Å². The van der Waals surface area contributed by atoms with E-state index in [0.29, 0.717) is 24.5 Å². The number of carbonyl (C=O) groups excluding carboxylic acids is 1. The van der Waals surface area contributed by atoms with Crippen LogP contribution < -0.4 is 0 Å². The summed E-state index contributed by atoms with van der Waals surface area (Å²) in [4.78, 5) is 16.2. The van der Waals surface area contributed by atoms with Crippen molar-refractivity contribution in [2.45, 2.75) is 32.9 Å². The predicted octanol–water partition coefficient (Wildman–Crippen LogP) is 0.626. The van der Waals surface area contributed by atoms with Gasteiger partial charge in [-0.05, 0) is 20.3 Å². The van der Waals surface area contributed by atoms with Crippen LogP contribution in [0.3, 0.4) is 0 Å². The van der Waals surface area contributed by atoms with Gasteiger partial charge in [0, 0.05) is 26.0 Å². The van der Waals surface area contributed by atoms with Crippen LogP contribution in [0.25, 0.3) is 11.5 Å². The highest BCUT2D eigenvalue weighted by molar-refractivity contribution is 5.93. The lowest BCUT2D eigenvalue weighted by atomic mass is 10.2. The molecule has 0 amide bonds. The van der Waals surface area contributed by atoms with Gasteiger partial charge in [0.1, 0.15) is 5.69 Å². The van der Waals surface area contributed by atoms with Gasteiger partial charge in [-0.25, -0.2) is 14.5 Å². The van der Waals surface area contributed by atoms with E-state index in [-0.39, 0.29) is 12.3 Å². The fraction of sp³-hybridized carbons (Fsp3) is 0.538. The maximum Gasteiger partial charge on any atom is 0.361 e. The number of aromatic nitrogens is 5. The third-order valence-corrected chi connectivity index (χ3v) is 3.00. The number of imidazole rings is 1. The Hall–Kier alpha value is -2.22. The monoisotopic (exact) mass is 293 g/mol. The summed E-state index contributed by atoms with van der Waals surface area (Å²) in [5.74, 6) is 0.0486. The Kier molecular flexibility index (Phi) is 4.69. The van der Waals surface area contributed by atoms with Gasteiger partial charge in [-0.3, -0.25) is 0 Å². The molecule has 0 bridgehead atoms. The molecule has 0 fully saturated rings. The largest absolute Gasteiger partial charge is 0.461 e. The molecular formula is C13H19N5O3. The van der Waals surface area contributed by atoms with Gasteiger partial charge in [0.05, 0.1) is 12.7 Å². The van der Waals surface area contributed by atoms with Crippen molar-refractivity contribution in [3.63, 3.8) is 0 Å². The molecule has 0 radical (unpaired) electrons. The number of ether oxygens (including phenoxy) is 1. The first kappa shape index (κ1) is 15.2. The zero-order valence-electron chi connectivity index (χ0n) is 12.4. The second-order valence-electron chi connectivity index (χ2n) is 4.73. The van der Waals surface area contributed by atoms with Crippen LogP contribution in [0.4, 0.5) is 0 Å². The van der Waals surface area contributed by atoms with Crippen molar-refractivity contribution in [1.29, 1.82) is 0 Å². The molecule has 1 N–H and O–H groups in total. The van der Waals surface area contributed by atoms with E-state index in [0.717, 1.165) is 0 Å². The Morgan fingerprint density at radius 3 is 2.86 bits per heavy atom. The maximum atomic E-state index is 12.0. The van der Waals surface area contributed by atoms with Gasteiger partial charge < -0.3 is 14.4 Å². The summed E-state index contributed by atoms with van der Waals surface area (Å²) >= 11 is 0. The van der Waals surface area contributed by atoms with Crippen LogP contribution in [0.5, 0.6) is 0 Å². The van der Waals surface area contributed by atoms with Gasteiger partial charge in [-0.1, -0.05) is 5.21 Å². The molecule has 2 aromatic heterocycles. The standard InChI is InChI=1S/C13H19N5O3/c1-4-21-13(20)10-11(12-14-6-8-17(12)3)18(16-15-10)7-5-9(2)19/h6,8-9,19H,4-5,7H2,1-3H3. The molecule has 1 unspecified atom stereocenters. The lowest BCUT2D eigenvalue weighted by Crippen LogP contribution is -2.12. The fourth-order valence-electron chi connectivity index (χ4n) is 1.93. The van der Waals surface area contributed by atoms with Crippen molar-refractivity contribution in [2.24, 2.45) is 7.05 Å². The third-order valence-electron chi connectivity index (χ3n) is 3.00. The van der Waals surface area contributed by atoms with Gasteiger partial charge in [-0.15, -0.1) is 5.10 Å². The molecule has 0 spiro atoms. The molecule has 2 aromatic rings. The predicted molar refractivity (Wildman–Crippen MR) is 74.5 cm³/mol. The smallest absolute Gasteiger partial charge is 0.361 e. The first-order valence-electron chi connectivity index (χ1n) is 6.81. The molecule has 2 rings (SSSR count).